The van der Waals surface area contributed by atoms with Gasteiger partial charge in [0.05, 0.1) is 0 Å². The van der Waals surface area contributed by atoms with Crippen molar-refractivity contribution in [3.8, 4) is 0 Å². The van der Waals surface area contributed by atoms with Crippen molar-refractivity contribution in [2.24, 2.45) is 0 Å². The molecule has 0 nitrogen and oxygen atoms in total. The van der Waals surface area contributed by atoms with Gasteiger partial charge in [-0.1, -0.05) is 11.6 Å². The van der Waals surface area contributed by atoms with E-state index in [9.17, 15) is 35.1 Å². The minimum Gasteiger partial charge on any atom is -0.212 e. The Morgan fingerprint density at radius 2 is 1.15 bits per heavy atom. The predicted octanol–water partition coefficient (Wildman–Crippen LogP) is 3.35. The van der Waals surface area contributed by atoms with Gasteiger partial charge in [0.25, 0.3) is 6.43 Å². The Morgan fingerprint density at radius 3 is 1.23 bits per heavy atom. The van der Waals surface area contributed by atoms with Crippen LogP contribution in [-0.2, 0) is 0 Å². The largest absolute Gasteiger partial charge is 0.458 e. The third-order valence-corrected chi connectivity index (χ3v) is 1.45. The van der Waals surface area contributed by atoms with E-state index in [0.717, 1.165) is 0 Å². The average molecular weight is 236 g/mol. The molecule has 80 valence electrons. The molecular formula is C4HClF8. The number of hydrogen-bond donors (Lipinski definition) is 0. The van der Waals surface area contributed by atoms with Gasteiger partial charge in [-0.05, 0) is 0 Å². The summed E-state index contributed by atoms with van der Waals surface area (Å²) < 4.78 is 92.3. The normalized spacial score (nSPS) is 18.9. The van der Waals surface area contributed by atoms with Gasteiger partial charge in [0.2, 0.25) is 0 Å². The van der Waals surface area contributed by atoms with E-state index in [4.69, 9.17) is 0 Å². The summed E-state index contributed by atoms with van der Waals surface area (Å²) in [7, 11) is 0. The maximum atomic E-state index is 12.0. The van der Waals surface area contributed by atoms with Gasteiger partial charge in [-0.15, -0.1) is 0 Å². The zero-order chi connectivity index (χ0) is 11.1. The van der Waals surface area contributed by atoms with Crippen LogP contribution in [0.15, 0.2) is 0 Å². The average Bonchev–Trinajstić information content (AvgIpc) is 1.84. The summed E-state index contributed by atoms with van der Waals surface area (Å²) in [5.74, 6) is -6.30. The Kier molecular flexibility index (Phi) is 3.08. The fourth-order valence-corrected chi connectivity index (χ4v) is 0.433. The van der Waals surface area contributed by atoms with Crippen molar-refractivity contribution in [2.75, 3.05) is 0 Å². The van der Waals surface area contributed by atoms with E-state index in [-0.39, 0.29) is 0 Å². The van der Waals surface area contributed by atoms with E-state index in [1.54, 1.807) is 0 Å². The van der Waals surface area contributed by atoms with Gasteiger partial charge in [-0.25, -0.2) is 13.2 Å². The smallest absolute Gasteiger partial charge is 0.212 e. The maximum absolute atomic E-state index is 12.0. The van der Waals surface area contributed by atoms with E-state index in [1.807, 2.05) is 0 Å². The van der Waals surface area contributed by atoms with E-state index in [1.165, 1.54) is 0 Å². The van der Waals surface area contributed by atoms with Crippen LogP contribution in [0.2, 0.25) is 0 Å². The Morgan fingerprint density at radius 1 is 0.846 bits per heavy atom. The Bertz CT molecular complexity index is 181. The molecule has 0 aromatic rings. The van der Waals surface area contributed by atoms with Crippen LogP contribution in [0, 0.1) is 0 Å². The molecule has 0 N–H and O–H groups in total. The number of alkyl halides is 9. The minimum atomic E-state index is -6.46. The second-order valence-corrected chi connectivity index (χ2v) is 2.55. The van der Waals surface area contributed by atoms with Crippen LogP contribution in [0.1, 0.15) is 0 Å². The van der Waals surface area contributed by atoms with E-state index < -0.39 is 23.7 Å². The lowest BCUT2D eigenvalue weighted by atomic mass is 10.2. The van der Waals surface area contributed by atoms with Gasteiger partial charge < -0.3 is 0 Å². The summed E-state index contributed by atoms with van der Waals surface area (Å²) in [6.45, 7) is 0. The lowest BCUT2D eigenvalue weighted by Gasteiger charge is -2.28. The molecule has 0 aliphatic carbocycles. The molecule has 0 heterocycles. The molecule has 13 heavy (non-hydrogen) atoms. The second kappa shape index (κ2) is 3.14. The van der Waals surface area contributed by atoms with E-state index in [0.29, 0.717) is 0 Å². The van der Waals surface area contributed by atoms with Crippen LogP contribution >= 0.6 is 11.6 Å². The highest BCUT2D eigenvalue weighted by Crippen LogP contribution is 2.50. The molecule has 0 aromatic carbocycles. The molecule has 0 aromatic heterocycles. The quantitative estimate of drug-likeness (QED) is 0.509. The topological polar surface area (TPSA) is 0 Å². The van der Waals surface area contributed by atoms with Crippen LogP contribution in [0.25, 0.3) is 0 Å². The van der Waals surface area contributed by atoms with Crippen molar-refractivity contribution >= 4 is 11.6 Å². The summed E-state index contributed by atoms with van der Waals surface area (Å²) in [5, 5.41) is -5.44. The summed E-state index contributed by atoms with van der Waals surface area (Å²) >= 11 is 3.76. The maximum Gasteiger partial charge on any atom is 0.458 e. The first-order chi connectivity index (χ1) is 5.44. The highest BCUT2D eigenvalue weighted by molar-refractivity contribution is 6.24. The first-order valence-electron chi connectivity index (χ1n) is 2.55. The number of halogens is 9. The molecule has 0 rings (SSSR count). The van der Waals surface area contributed by atoms with Gasteiger partial charge in [-0.2, -0.15) is 22.0 Å². The third-order valence-electron chi connectivity index (χ3n) is 1.05. The van der Waals surface area contributed by atoms with E-state index in [2.05, 4.69) is 11.6 Å². The van der Waals surface area contributed by atoms with Crippen molar-refractivity contribution in [3.05, 3.63) is 0 Å². The second-order valence-electron chi connectivity index (χ2n) is 2.00. The van der Waals surface area contributed by atoms with Crippen LogP contribution in [0.4, 0.5) is 35.1 Å². The summed E-state index contributed by atoms with van der Waals surface area (Å²) in [4.78, 5) is 0. The van der Waals surface area contributed by atoms with Gasteiger partial charge in [0, 0.05) is 0 Å². The van der Waals surface area contributed by atoms with E-state index >= 15 is 0 Å². The Balaban J connectivity index is 5.04. The van der Waals surface area contributed by atoms with Crippen LogP contribution < -0.4 is 0 Å². The predicted molar refractivity (Wildman–Crippen MR) is 26.7 cm³/mol. The molecule has 0 aliphatic heterocycles. The van der Waals surface area contributed by atoms with Crippen molar-refractivity contribution in [3.63, 3.8) is 0 Å². The third kappa shape index (κ3) is 1.97. The van der Waals surface area contributed by atoms with Gasteiger partial charge in [0.15, 0.2) is 0 Å². The minimum absolute atomic E-state index is 3.76. The number of rotatable bonds is 2. The van der Waals surface area contributed by atoms with Crippen molar-refractivity contribution in [2.45, 2.75) is 23.7 Å². The standard InChI is InChI=1S/C4HClF8/c5-2(8,1(6)7)3(9,10)4(11,12)13/h1H. The molecule has 0 amide bonds. The molecule has 1 atom stereocenters. The van der Waals surface area contributed by atoms with Crippen LogP contribution in [0.3, 0.4) is 0 Å². The van der Waals surface area contributed by atoms with Gasteiger partial charge in [-0.3, -0.25) is 0 Å². The molecular weight excluding hydrogens is 235 g/mol. The summed E-state index contributed by atoms with van der Waals surface area (Å²) in [6.07, 6.45) is -11.1. The molecule has 0 saturated carbocycles. The molecule has 0 spiro atoms. The van der Waals surface area contributed by atoms with Crippen molar-refractivity contribution < 1.29 is 35.1 Å². The highest BCUT2D eigenvalue weighted by atomic mass is 35.5. The zero-order valence-corrected chi connectivity index (χ0v) is 6.23. The van der Waals surface area contributed by atoms with Crippen LogP contribution in [0.5, 0.6) is 0 Å². The Hall–Kier alpha value is -0.270. The fourth-order valence-electron chi connectivity index (χ4n) is 0.326. The highest BCUT2D eigenvalue weighted by Gasteiger charge is 2.74. The molecule has 0 fully saturated rings. The molecule has 9 heteroatoms. The first-order valence-corrected chi connectivity index (χ1v) is 2.93. The van der Waals surface area contributed by atoms with Gasteiger partial charge in [0.1, 0.15) is 0 Å². The summed E-state index contributed by atoms with van der Waals surface area (Å²) in [6, 6.07) is 0. The monoisotopic (exact) mass is 236 g/mol. The lowest BCUT2D eigenvalue weighted by molar-refractivity contribution is -0.325. The fraction of sp³-hybridized carbons (Fsp3) is 1.00. The van der Waals surface area contributed by atoms with Crippen molar-refractivity contribution in [1.29, 1.82) is 0 Å². The lowest BCUT2D eigenvalue weighted by Crippen LogP contribution is -2.54. The Labute approximate surface area is 71.5 Å². The molecule has 1 unspecified atom stereocenters. The van der Waals surface area contributed by atoms with Gasteiger partial charge >= 0.3 is 17.2 Å². The first kappa shape index (κ1) is 12.7. The van der Waals surface area contributed by atoms with Crippen LogP contribution in [-0.4, -0.2) is 23.7 Å². The zero-order valence-electron chi connectivity index (χ0n) is 5.48. The molecule has 0 bridgehead atoms. The van der Waals surface area contributed by atoms with Crippen molar-refractivity contribution in [1.82, 2.24) is 0 Å². The SMILES string of the molecule is FC(F)C(F)(Cl)C(F)(F)C(F)(F)F. The number of hydrogen-bond acceptors (Lipinski definition) is 0. The molecule has 0 saturated heterocycles. The molecule has 0 radical (unpaired) electrons. The summed E-state index contributed by atoms with van der Waals surface area (Å²) in [5.41, 5.74) is 0. The molecule has 0 aliphatic rings.